The van der Waals surface area contributed by atoms with Crippen LogP contribution in [0.1, 0.15) is 0 Å². The summed E-state index contributed by atoms with van der Waals surface area (Å²) in [6.45, 7) is 0. The molecule has 0 amide bonds. The van der Waals surface area contributed by atoms with Crippen LogP contribution in [0.5, 0.6) is 0 Å². The zero-order chi connectivity index (χ0) is 5.15. The van der Waals surface area contributed by atoms with E-state index in [1.807, 2.05) is 0 Å². The summed E-state index contributed by atoms with van der Waals surface area (Å²) < 4.78 is 0. The zero-order valence-electron chi connectivity index (χ0n) is 3.03. The summed E-state index contributed by atoms with van der Waals surface area (Å²) >= 11 is 0. The van der Waals surface area contributed by atoms with Gasteiger partial charge in [-0.2, -0.15) is 0 Å². The molecule has 6 heteroatoms. The monoisotopic (exact) mass is 236 g/mol. The SMILES string of the molecule is O=C(O)C(=O)O.[KH].[Pd]. The fourth-order valence-electron chi connectivity index (χ4n) is 0. The molecular weight excluding hydrogens is 234 g/mol. The van der Waals surface area contributed by atoms with Gasteiger partial charge in [0.15, 0.2) is 0 Å². The van der Waals surface area contributed by atoms with E-state index in [1.165, 1.54) is 0 Å². The number of aliphatic carboxylic acids is 2. The Morgan fingerprint density at radius 3 is 1.12 bits per heavy atom. The zero-order valence-corrected chi connectivity index (χ0v) is 4.58. The minimum atomic E-state index is -1.82. The normalized spacial score (nSPS) is 5.50. The molecule has 0 aromatic heterocycles. The van der Waals surface area contributed by atoms with Gasteiger partial charge in [-0.15, -0.1) is 0 Å². The Hall–Kier alpha value is 1.24. The molecule has 46 valence electrons. The van der Waals surface area contributed by atoms with E-state index < -0.39 is 11.9 Å². The fraction of sp³-hybridized carbons (Fsp3) is 0. The Labute approximate surface area is 102 Å². The van der Waals surface area contributed by atoms with Crippen molar-refractivity contribution >= 4 is 63.3 Å². The number of carbonyl (C=O) groups is 2. The average molecular weight is 237 g/mol. The van der Waals surface area contributed by atoms with Crippen molar-refractivity contribution in [2.75, 3.05) is 0 Å². The molecule has 0 unspecified atom stereocenters. The molecule has 0 rings (SSSR count). The van der Waals surface area contributed by atoms with Crippen LogP contribution >= 0.6 is 0 Å². The molecule has 0 saturated carbocycles. The van der Waals surface area contributed by atoms with Gasteiger partial charge in [-0.25, -0.2) is 9.59 Å². The van der Waals surface area contributed by atoms with E-state index in [4.69, 9.17) is 19.8 Å². The Morgan fingerprint density at radius 1 is 1.00 bits per heavy atom. The maximum Gasteiger partial charge on any atom is 0 e. The van der Waals surface area contributed by atoms with Crippen LogP contribution in [0.2, 0.25) is 0 Å². The standard InChI is InChI=1S/C2H2O4.K.Pd.H/c3-1(4)2(5)6;;;/h(H,3,4)(H,5,6);;;. The molecule has 0 atom stereocenters. The maximum atomic E-state index is 9.10. The Morgan fingerprint density at radius 2 is 1.12 bits per heavy atom. The predicted octanol–water partition coefficient (Wildman–Crippen LogP) is -1.50. The molecule has 0 aromatic rings. The third-order valence-electron chi connectivity index (χ3n) is 0.183. The van der Waals surface area contributed by atoms with Crippen molar-refractivity contribution in [3.05, 3.63) is 0 Å². The first-order chi connectivity index (χ1) is 2.64. The van der Waals surface area contributed by atoms with E-state index in [9.17, 15) is 0 Å². The third-order valence-corrected chi connectivity index (χ3v) is 0.183. The Bertz CT molecular complexity index is 80.0. The topological polar surface area (TPSA) is 74.6 Å². The van der Waals surface area contributed by atoms with Gasteiger partial charge in [0.25, 0.3) is 0 Å². The summed E-state index contributed by atoms with van der Waals surface area (Å²) in [5, 5.41) is 14.8. The first-order valence-electron chi connectivity index (χ1n) is 1.11. The summed E-state index contributed by atoms with van der Waals surface area (Å²) in [7, 11) is 0. The minimum absolute atomic E-state index is 0. The largest absolute Gasteiger partial charge is 0 e. The van der Waals surface area contributed by atoms with Gasteiger partial charge in [0, 0.05) is 20.4 Å². The molecular formula is C2H3KO4Pd. The van der Waals surface area contributed by atoms with E-state index in [2.05, 4.69) is 0 Å². The third kappa shape index (κ3) is 10.3. The first kappa shape index (κ1) is 16.1. The van der Waals surface area contributed by atoms with Crippen molar-refractivity contribution in [1.82, 2.24) is 0 Å². The fourth-order valence-corrected chi connectivity index (χ4v) is 0. The van der Waals surface area contributed by atoms with Crippen LogP contribution in [0.25, 0.3) is 0 Å². The smallest absolute Gasteiger partial charge is 0 e. The molecule has 4 nitrogen and oxygen atoms in total. The second-order valence-electron chi connectivity index (χ2n) is 0.610. The maximum absolute atomic E-state index is 9.10. The first-order valence-corrected chi connectivity index (χ1v) is 1.11. The van der Waals surface area contributed by atoms with Crippen LogP contribution in [0, 0.1) is 0 Å². The van der Waals surface area contributed by atoms with Crippen molar-refractivity contribution in [2.45, 2.75) is 0 Å². The molecule has 0 aliphatic heterocycles. The molecule has 0 heterocycles. The molecule has 0 saturated heterocycles. The minimum Gasteiger partial charge on any atom is 0 e. The quantitative estimate of drug-likeness (QED) is 0.397. The Balaban J connectivity index is -0.000000125. The predicted molar refractivity (Wildman–Crippen MR) is 22.4 cm³/mol. The van der Waals surface area contributed by atoms with E-state index in [1.54, 1.807) is 0 Å². The van der Waals surface area contributed by atoms with Gasteiger partial charge < -0.3 is 10.2 Å². The Kier molecular flexibility index (Phi) is 16.6. The summed E-state index contributed by atoms with van der Waals surface area (Å²) in [5.74, 6) is -3.65. The van der Waals surface area contributed by atoms with Gasteiger partial charge in [-0.05, 0) is 0 Å². The number of carboxylic acids is 2. The molecule has 0 bridgehead atoms. The summed E-state index contributed by atoms with van der Waals surface area (Å²) in [4.78, 5) is 18.2. The van der Waals surface area contributed by atoms with Crippen molar-refractivity contribution in [3.8, 4) is 0 Å². The molecule has 0 aliphatic carbocycles. The van der Waals surface area contributed by atoms with Gasteiger partial charge in [-0.3, -0.25) is 0 Å². The molecule has 0 spiro atoms. The number of carboxylic acid groups (broad SMARTS) is 2. The van der Waals surface area contributed by atoms with Crippen molar-refractivity contribution < 1.29 is 40.2 Å². The number of rotatable bonds is 0. The summed E-state index contributed by atoms with van der Waals surface area (Å²) in [5.41, 5.74) is 0. The van der Waals surface area contributed by atoms with E-state index in [0.29, 0.717) is 0 Å². The van der Waals surface area contributed by atoms with Crippen molar-refractivity contribution in [2.24, 2.45) is 0 Å². The van der Waals surface area contributed by atoms with Gasteiger partial charge in [0.1, 0.15) is 0 Å². The van der Waals surface area contributed by atoms with Crippen LogP contribution in [0.15, 0.2) is 0 Å². The van der Waals surface area contributed by atoms with E-state index in [-0.39, 0.29) is 71.8 Å². The van der Waals surface area contributed by atoms with Gasteiger partial charge >= 0.3 is 63.3 Å². The molecule has 0 aromatic carbocycles. The molecule has 8 heavy (non-hydrogen) atoms. The van der Waals surface area contributed by atoms with Crippen LogP contribution in [-0.4, -0.2) is 73.5 Å². The second-order valence-corrected chi connectivity index (χ2v) is 0.610. The van der Waals surface area contributed by atoms with Crippen LogP contribution in [-0.2, 0) is 30.0 Å². The number of hydrogen-bond acceptors (Lipinski definition) is 2. The van der Waals surface area contributed by atoms with Crippen LogP contribution < -0.4 is 0 Å². The van der Waals surface area contributed by atoms with Crippen LogP contribution in [0.3, 0.4) is 0 Å². The van der Waals surface area contributed by atoms with Gasteiger partial charge in [0.2, 0.25) is 0 Å². The molecule has 0 radical (unpaired) electrons. The van der Waals surface area contributed by atoms with E-state index >= 15 is 0 Å². The number of hydrogen-bond donors (Lipinski definition) is 2. The summed E-state index contributed by atoms with van der Waals surface area (Å²) in [6, 6.07) is 0. The van der Waals surface area contributed by atoms with Crippen molar-refractivity contribution in [3.63, 3.8) is 0 Å². The summed E-state index contributed by atoms with van der Waals surface area (Å²) in [6.07, 6.45) is 0. The molecule has 0 fully saturated rings. The van der Waals surface area contributed by atoms with Gasteiger partial charge in [0.05, 0.1) is 0 Å². The average Bonchev–Trinajstić information content (AvgIpc) is 1.36. The molecule has 2 N–H and O–H groups in total. The van der Waals surface area contributed by atoms with E-state index in [0.717, 1.165) is 0 Å². The van der Waals surface area contributed by atoms with Gasteiger partial charge in [-0.1, -0.05) is 0 Å². The molecule has 0 aliphatic rings. The second kappa shape index (κ2) is 8.24. The van der Waals surface area contributed by atoms with Crippen LogP contribution in [0.4, 0.5) is 0 Å². The van der Waals surface area contributed by atoms with Crippen molar-refractivity contribution in [1.29, 1.82) is 0 Å².